The van der Waals surface area contributed by atoms with Gasteiger partial charge in [-0.3, -0.25) is 9.59 Å². The molecule has 0 radical (unpaired) electrons. The van der Waals surface area contributed by atoms with Crippen LogP contribution in [0, 0.1) is 0 Å². The second-order valence-electron chi connectivity index (χ2n) is 26.6. The van der Waals surface area contributed by atoms with E-state index in [2.05, 4.69) is 245 Å². The van der Waals surface area contributed by atoms with Gasteiger partial charge in [-0.25, -0.2) is 4.79 Å². The Morgan fingerprint density at radius 1 is 0.297 bits per heavy atom. The third kappa shape index (κ3) is 80.5. The van der Waals surface area contributed by atoms with Gasteiger partial charge in [0.15, 0.2) is 6.10 Å². The number of hydrogen-bond donors (Lipinski definition) is 1. The molecule has 0 aliphatic heterocycles. The van der Waals surface area contributed by atoms with Crippen LogP contribution in [0.1, 0.15) is 271 Å². The SMILES string of the molecule is CC/C=C\C/C=C\C/C=C\C/C=C\C/C=C\C/C=C\C/C=C\C/C=C\C/C=C\C/C=C\CCCCCCCCCCCCC(=O)OC(COC(=O)CCCCCCCCC/C=C\C/C=C\C/C=C\C/C=C\C/C=C\C/C=C\C/C=C\C/C=C\C/C=C\CC)COC(OCC[N+](C)(C)C)C(=O)O. The number of carbonyl (C=O) groups excluding carboxylic acids is 2. The second kappa shape index (κ2) is 79.1. The molecule has 0 spiro atoms. The Kier molecular flexibility index (Phi) is 73.9. The summed E-state index contributed by atoms with van der Waals surface area (Å²) in [6, 6.07) is 0. The van der Waals surface area contributed by atoms with Crippen LogP contribution in [-0.4, -0.2) is 87.4 Å². The lowest BCUT2D eigenvalue weighted by Crippen LogP contribution is -2.40. The second-order valence-corrected chi connectivity index (χ2v) is 26.6. The quantitative estimate of drug-likeness (QED) is 0.0211. The van der Waals surface area contributed by atoms with Gasteiger partial charge in [-0.1, -0.05) is 328 Å². The van der Waals surface area contributed by atoms with Crippen LogP contribution >= 0.6 is 0 Å². The van der Waals surface area contributed by atoms with Crippen LogP contribution in [0.2, 0.25) is 0 Å². The highest BCUT2D eigenvalue weighted by Gasteiger charge is 2.25. The molecule has 2 unspecified atom stereocenters. The molecule has 0 bridgehead atoms. The molecule has 0 saturated heterocycles. The minimum atomic E-state index is -1.53. The number of hydrogen-bond acceptors (Lipinski definition) is 7. The molecule has 9 nitrogen and oxygen atoms in total. The molecule has 0 fully saturated rings. The van der Waals surface area contributed by atoms with E-state index in [0.29, 0.717) is 17.4 Å². The monoisotopic (exact) mass is 1390 g/mol. The summed E-state index contributed by atoms with van der Waals surface area (Å²) in [5.74, 6) is -2.05. The molecular formula is C92H144NO8+. The molecule has 0 aliphatic carbocycles. The van der Waals surface area contributed by atoms with E-state index in [9.17, 15) is 19.5 Å². The minimum absolute atomic E-state index is 0.173. The van der Waals surface area contributed by atoms with E-state index < -0.39 is 24.3 Å². The molecule has 9 heteroatoms. The lowest BCUT2D eigenvalue weighted by Gasteiger charge is -2.25. The summed E-state index contributed by atoms with van der Waals surface area (Å²) in [4.78, 5) is 37.7. The highest BCUT2D eigenvalue weighted by molar-refractivity contribution is 5.71. The Balaban J connectivity index is 4.19. The molecule has 0 aliphatic rings. The van der Waals surface area contributed by atoms with Crippen molar-refractivity contribution in [3.8, 4) is 0 Å². The standard InChI is InChI=1S/C92H143NO8/c1-6-8-10-12-14-16-18-20-22-24-26-28-30-32-34-36-38-40-42-43-44-45-46-47-49-51-53-55-57-59-61-63-65-67-69-71-73-75-77-79-81-83-90(95)101-88(87-100-92(91(96)97)98-85-84-93(3,4)5)86-99-89(94)82-80-78-76-74-72-70-68-66-64-62-60-58-56-54-52-50-48-41-39-37-35-33-31-29-27-25-23-21-19-17-15-13-11-9-7-2/h8-11,14-17,20-23,26-29,32-35,38-41,43-44,46-47,50-53,56-59,62,64,88,92H,6-7,12-13,18-19,24-25,30-31,36-37,42,45,48-49,54-55,60-61,63,65-87H2,1-5H3/p+1/b10-8-,11-9-,16-14-,17-15-,22-20-,23-21-,28-26-,29-27-,34-32-,35-33-,40-38-,41-39-,44-43-,47-46-,52-50-,53-51-,58-56-,59-57-,64-62-. The molecular weight excluding hydrogens is 1250 g/mol. The molecule has 1 N–H and O–H groups in total. The number of rotatable bonds is 70. The van der Waals surface area contributed by atoms with E-state index in [1.54, 1.807) is 0 Å². The molecule has 0 aromatic heterocycles. The number of nitrogens with zero attached hydrogens (tertiary/aromatic N) is 1. The zero-order valence-corrected chi connectivity index (χ0v) is 64.5. The zero-order valence-electron chi connectivity index (χ0n) is 64.5. The summed E-state index contributed by atoms with van der Waals surface area (Å²) in [6.07, 6.45) is 123. The van der Waals surface area contributed by atoms with Gasteiger partial charge in [0.05, 0.1) is 34.4 Å². The summed E-state index contributed by atoms with van der Waals surface area (Å²) in [5, 5.41) is 9.77. The number of ether oxygens (including phenoxy) is 4. The summed E-state index contributed by atoms with van der Waals surface area (Å²) in [5.41, 5.74) is 0. The lowest BCUT2D eigenvalue weighted by atomic mass is 10.0. The summed E-state index contributed by atoms with van der Waals surface area (Å²) >= 11 is 0. The number of unbranched alkanes of at least 4 members (excludes halogenated alkanes) is 17. The predicted molar refractivity (Wildman–Crippen MR) is 437 cm³/mol. The highest BCUT2D eigenvalue weighted by Crippen LogP contribution is 2.16. The Labute approximate surface area is 619 Å². The number of likely N-dealkylation sites (N-methyl/N-ethyl adjacent to an activating group) is 1. The van der Waals surface area contributed by atoms with Crippen molar-refractivity contribution in [3.05, 3.63) is 231 Å². The zero-order chi connectivity index (χ0) is 73.2. The fourth-order valence-corrected chi connectivity index (χ4v) is 9.98. The molecule has 0 saturated carbocycles. The van der Waals surface area contributed by atoms with Gasteiger partial charge in [0, 0.05) is 12.8 Å². The number of carboxylic acid groups (broad SMARTS) is 1. The van der Waals surface area contributed by atoms with Crippen molar-refractivity contribution in [1.29, 1.82) is 0 Å². The summed E-state index contributed by atoms with van der Waals surface area (Å²) in [7, 11) is 5.96. The van der Waals surface area contributed by atoms with E-state index in [-0.39, 0.29) is 38.6 Å². The topological polar surface area (TPSA) is 108 Å². The van der Waals surface area contributed by atoms with Crippen LogP contribution in [0.3, 0.4) is 0 Å². The Morgan fingerprint density at radius 3 is 0.792 bits per heavy atom. The van der Waals surface area contributed by atoms with Crippen LogP contribution in [0.25, 0.3) is 0 Å². The fraction of sp³-hybridized carbons (Fsp3) is 0.554. The van der Waals surface area contributed by atoms with E-state index in [1.165, 1.54) is 57.8 Å². The highest BCUT2D eigenvalue weighted by atomic mass is 16.7. The minimum Gasteiger partial charge on any atom is -0.477 e. The van der Waals surface area contributed by atoms with Gasteiger partial charge in [-0.15, -0.1) is 0 Å². The number of carboxylic acids is 1. The van der Waals surface area contributed by atoms with E-state index in [4.69, 9.17) is 18.9 Å². The first-order valence-electron chi connectivity index (χ1n) is 39.5. The first kappa shape index (κ1) is 94.4. The van der Waals surface area contributed by atoms with Crippen molar-refractivity contribution >= 4 is 17.9 Å². The molecule has 0 heterocycles. The van der Waals surface area contributed by atoms with Crippen molar-refractivity contribution in [2.45, 2.75) is 283 Å². The fourth-order valence-electron chi connectivity index (χ4n) is 9.98. The van der Waals surface area contributed by atoms with E-state index in [0.717, 1.165) is 180 Å². The third-order valence-electron chi connectivity index (χ3n) is 15.9. The first-order valence-corrected chi connectivity index (χ1v) is 39.5. The van der Waals surface area contributed by atoms with Gasteiger partial charge < -0.3 is 28.5 Å². The van der Waals surface area contributed by atoms with Gasteiger partial charge >= 0.3 is 17.9 Å². The van der Waals surface area contributed by atoms with Crippen LogP contribution in [0.5, 0.6) is 0 Å². The van der Waals surface area contributed by atoms with Crippen LogP contribution < -0.4 is 0 Å². The lowest BCUT2D eigenvalue weighted by molar-refractivity contribution is -0.870. The summed E-state index contributed by atoms with van der Waals surface area (Å²) < 4.78 is 23.0. The maximum atomic E-state index is 13.0. The number of esters is 2. The number of quaternary nitrogens is 1. The maximum absolute atomic E-state index is 13.0. The third-order valence-corrected chi connectivity index (χ3v) is 15.9. The Bertz CT molecular complexity index is 2520. The van der Waals surface area contributed by atoms with Gasteiger partial charge in [0.2, 0.25) is 0 Å². The molecule has 101 heavy (non-hydrogen) atoms. The predicted octanol–water partition coefficient (Wildman–Crippen LogP) is 25.8. The molecule has 564 valence electrons. The first-order chi connectivity index (χ1) is 49.6. The van der Waals surface area contributed by atoms with Crippen molar-refractivity contribution < 1.29 is 42.9 Å². The average Bonchev–Trinajstić information content (AvgIpc) is 1.21. The normalized spacial score (nSPS) is 14.0. The Morgan fingerprint density at radius 2 is 0.535 bits per heavy atom. The smallest absolute Gasteiger partial charge is 0.361 e. The average molecular weight is 1390 g/mol. The van der Waals surface area contributed by atoms with Gasteiger partial charge in [-0.2, -0.15) is 0 Å². The molecule has 2 atom stereocenters. The van der Waals surface area contributed by atoms with Crippen molar-refractivity contribution in [2.75, 3.05) is 47.5 Å². The van der Waals surface area contributed by atoms with Gasteiger partial charge in [-0.05, 0) is 161 Å². The number of carbonyl (C=O) groups is 3. The molecule has 0 rings (SSSR count). The van der Waals surface area contributed by atoms with Crippen LogP contribution in [0.15, 0.2) is 231 Å². The largest absolute Gasteiger partial charge is 0.477 e. The van der Waals surface area contributed by atoms with Gasteiger partial charge in [0.25, 0.3) is 6.29 Å². The molecule has 0 aromatic rings. The van der Waals surface area contributed by atoms with Crippen molar-refractivity contribution in [3.63, 3.8) is 0 Å². The van der Waals surface area contributed by atoms with Crippen LogP contribution in [0.4, 0.5) is 0 Å². The maximum Gasteiger partial charge on any atom is 0.361 e. The summed E-state index contributed by atoms with van der Waals surface area (Å²) in [6.45, 7) is 4.61. The number of allylic oxidation sites excluding steroid dienone is 38. The number of aliphatic carboxylic acids is 1. The van der Waals surface area contributed by atoms with Gasteiger partial charge in [0.1, 0.15) is 13.2 Å². The van der Waals surface area contributed by atoms with E-state index >= 15 is 0 Å². The van der Waals surface area contributed by atoms with E-state index in [1.807, 2.05) is 21.1 Å². The van der Waals surface area contributed by atoms with Crippen LogP contribution in [-0.2, 0) is 33.3 Å². The molecule has 0 amide bonds. The van der Waals surface area contributed by atoms with Crippen molar-refractivity contribution in [1.82, 2.24) is 0 Å². The van der Waals surface area contributed by atoms with Crippen molar-refractivity contribution in [2.24, 2.45) is 0 Å². The molecule has 0 aromatic carbocycles. The Hall–Kier alpha value is -6.65.